The van der Waals surface area contributed by atoms with Gasteiger partial charge in [-0.1, -0.05) is 11.6 Å². The van der Waals surface area contributed by atoms with Gasteiger partial charge in [-0.2, -0.15) is 8.42 Å². The van der Waals surface area contributed by atoms with E-state index in [0.717, 1.165) is 0 Å². The Morgan fingerprint density at radius 3 is 1.92 bits per heavy atom. The first kappa shape index (κ1) is 10.5. The number of rotatable bonds is 1. The van der Waals surface area contributed by atoms with E-state index in [9.17, 15) is 8.42 Å². The molecule has 0 heterocycles. The summed E-state index contributed by atoms with van der Waals surface area (Å²) in [4.78, 5) is -0.119. The highest BCUT2D eigenvalue weighted by molar-refractivity contribution is 7.85. The Morgan fingerprint density at radius 1 is 1.23 bits per heavy atom. The largest absolute Gasteiger partial charge is 0.294 e. The van der Waals surface area contributed by atoms with Gasteiger partial charge in [-0.05, 0) is 37.1 Å². The van der Waals surface area contributed by atoms with E-state index in [2.05, 4.69) is 0 Å². The molecule has 0 aromatic heterocycles. The van der Waals surface area contributed by atoms with Gasteiger partial charge >= 0.3 is 0 Å². The van der Waals surface area contributed by atoms with E-state index < -0.39 is 10.1 Å². The quantitative estimate of drug-likeness (QED) is 0.739. The minimum Gasteiger partial charge on any atom is -0.282 e. The fourth-order valence-corrected chi connectivity index (χ4v) is 1.82. The van der Waals surface area contributed by atoms with Crippen LogP contribution in [0.1, 0.15) is 11.1 Å². The van der Waals surface area contributed by atoms with E-state index in [0.29, 0.717) is 16.1 Å². The lowest BCUT2D eigenvalue weighted by molar-refractivity contribution is 0.483. The number of benzene rings is 1. The lowest BCUT2D eigenvalue weighted by Crippen LogP contribution is -1.99. The fourth-order valence-electron chi connectivity index (χ4n) is 1.06. The van der Waals surface area contributed by atoms with E-state index in [4.69, 9.17) is 16.2 Å². The summed E-state index contributed by atoms with van der Waals surface area (Å²) in [6.07, 6.45) is 0. The van der Waals surface area contributed by atoms with Crippen molar-refractivity contribution in [2.24, 2.45) is 0 Å². The van der Waals surface area contributed by atoms with Gasteiger partial charge in [0.05, 0.1) is 4.90 Å². The molecular weight excluding hydrogens is 212 g/mol. The van der Waals surface area contributed by atoms with Crippen LogP contribution in [0.15, 0.2) is 17.0 Å². The highest BCUT2D eigenvalue weighted by atomic mass is 35.5. The minimum absolute atomic E-state index is 0.119. The summed E-state index contributed by atoms with van der Waals surface area (Å²) in [5, 5.41) is 0.521. The van der Waals surface area contributed by atoms with Crippen molar-refractivity contribution in [2.75, 3.05) is 0 Å². The number of halogens is 1. The molecule has 0 spiro atoms. The van der Waals surface area contributed by atoms with Crippen molar-refractivity contribution < 1.29 is 13.0 Å². The Hall–Kier alpha value is -0.580. The van der Waals surface area contributed by atoms with Gasteiger partial charge in [0.2, 0.25) is 0 Å². The van der Waals surface area contributed by atoms with Crippen LogP contribution in [0, 0.1) is 13.8 Å². The monoisotopic (exact) mass is 220 g/mol. The Balaban J connectivity index is 3.47. The summed E-state index contributed by atoms with van der Waals surface area (Å²) >= 11 is 5.82. The zero-order valence-electron chi connectivity index (χ0n) is 7.20. The van der Waals surface area contributed by atoms with Crippen LogP contribution in [0.2, 0.25) is 5.02 Å². The van der Waals surface area contributed by atoms with Crippen LogP contribution < -0.4 is 0 Å². The summed E-state index contributed by atoms with van der Waals surface area (Å²) < 4.78 is 30.3. The molecule has 0 fully saturated rings. The molecule has 0 saturated carbocycles. The summed E-state index contributed by atoms with van der Waals surface area (Å²) in [6, 6.07) is 2.68. The third-order valence-electron chi connectivity index (χ3n) is 1.71. The van der Waals surface area contributed by atoms with Crippen molar-refractivity contribution >= 4 is 21.7 Å². The van der Waals surface area contributed by atoms with Gasteiger partial charge in [0.25, 0.3) is 10.1 Å². The Labute approximate surface area is 82.1 Å². The second-order valence-electron chi connectivity index (χ2n) is 2.85. The molecule has 0 radical (unpaired) electrons. The Kier molecular flexibility index (Phi) is 2.66. The van der Waals surface area contributed by atoms with Gasteiger partial charge < -0.3 is 0 Å². The number of hydrogen-bond acceptors (Lipinski definition) is 2. The average molecular weight is 221 g/mol. The molecule has 0 aliphatic carbocycles. The van der Waals surface area contributed by atoms with Crippen molar-refractivity contribution in [1.82, 2.24) is 0 Å². The second kappa shape index (κ2) is 3.29. The van der Waals surface area contributed by atoms with E-state index in [1.165, 1.54) is 12.1 Å². The molecule has 0 bridgehead atoms. The summed E-state index contributed by atoms with van der Waals surface area (Å²) in [5.74, 6) is 0. The average Bonchev–Trinajstić information content (AvgIpc) is 1.97. The Morgan fingerprint density at radius 2 is 1.62 bits per heavy atom. The molecule has 1 aromatic rings. The molecule has 3 nitrogen and oxygen atoms in total. The van der Waals surface area contributed by atoms with Gasteiger partial charge in [0.1, 0.15) is 0 Å². The smallest absolute Gasteiger partial charge is 0.282 e. The molecule has 0 atom stereocenters. The van der Waals surface area contributed by atoms with Crippen LogP contribution in [0.4, 0.5) is 0 Å². The maximum atomic E-state index is 10.8. The maximum Gasteiger partial charge on any atom is 0.294 e. The van der Waals surface area contributed by atoms with Gasteiger partial charge in [-0.15, -0.1) is 0 Å². The minimum atomic E-state index is -4.12. The summed E-state index contributed by atoms with van der Waals surface area (Å²) in [6.45, 7) is 3.37. The molecule has 13 heavy (non-hydrogen) atoms. The SMILES string of the molecule is Cc1cc(S(=O)(=O)O)cc(C)c1Cl. The molecule has 0 aliphatic rings. The van der Waals surface area contributed by atoms with Crippen molar-refractivity contribution in [1.29, 1.82) is 0 Å². The molecule has 0 unspecified atom stereocenters. The predicted octanol–water partition coefficient (Wildman–Crippen LogP) is 2.20. The van der Waals surface area contributed by atoms with E-state index >= 15 is 0 Å². The Bertz CT molecular complexity index is 414. The maximum absolute atomic E-state index is 10.8. The first-order valence-corrected chi connectivity index (χ1v) is 5.38. The molecular formula is C8H9ClO3S. The van der Waals surface area contributed by atoms with Crippen LogP contribution in [-0.2, 0) is 10.1 Å². The van der Waals surface area contributed by atoms with Gasteiger partial charge in [0, 0.05) is 5.02 Å². The van der Waals surface area contributed by atoms with E-state index in [1.807, 2.05) is 0 Å². The van der Waals surface area contributed by atoms with Crippen LogP contribution in [0.3, 0.4) is 0 Å². The predicted molar refractivity (Wildman–Crippen MR) is 50.7 cm³/mol. The molecule has 1 rings (SSSR count). The molecule has 5 heteroatoms. The first-order valence-electron chi connectivity index (χ1n) is 3.56. The van der Waals surface area contributed by atoms with E-state index in [-0.39, 0.29) is 4.90 Å². The van der Waals surface area contributed by atoms with Gasteiger partial charge in [-0.25, -0.2) is 0 Å². The molecule has 0 saturated heterocycles. The molecule has 1 aromatic carbocycles. The highest BCUT2D eigenvalue weighted by Crippen LogP contribution is 2.23. The third kappa shape index (κ3) is 2.21. The second-order valence-corrected chi connectivity index (χ2v) is 4.65. The molecule has 1 N–H and O–H groups in total. The van der Waals surface area contributed by atoms with Gasteiger partial charge in [-0.3, -0.25) is 4.55 Å². The van der Waals surface area contributed by atoms with Crippen molar-refractivity contribution in [3.8, 4) is 0 Å². The van der Waals surface area contributed by atoms with Gasteiger partial charge in [0.15, 0.2) is 0 Å². The zero-order chi connectivity index (χ0) is 10.2. The number of aryl methyl sites for hydroxylation is 2. The van der Waals surface area contributed by atoms with Crippen molar-refractivity contribution in [3.05, 3.63) is 28.3 Å². The van der Waals surface area contributed by atoms with Crippen LogP contribution in [0.25, 0.3) is 0 Å². The van der Waals surface area contributed by atoms with Crippen LogP contribution >= 0.6 is 11.6 Å². The third-order valence-corrected chi connectivity index (χ3v) is 3.14. The van der Waals surface area contributed by atoms with Crippen LogP contribution in [0.5, 0.6) is 0 Å². The standard InChI is InChI=1S/C8H9ClO3S/c1-5-3-7(13(10,11)12)4-6(2)8(5)9/h3-4H,1-2H3,(H,10,11,12). The summed E-state index contributed by atoms with van der Waals surface area (Å²) in [7, 11) is -4.12. The normalized spacial score (nSPS) is 11.7. The first-order chi connectivity index (χ1) is 5.82. The van der Waals surface area contributed by atoms with E-state index in [1.54, 1.807) is 13.8 Å². The molecule has 0 aliphatic heterocycles. The summed E-state index contributed by atoms with van der Waals surface area (Å²) in [5.41, 5.74) is 1.27. The zero-order valence-corrected chi connectivity index (χ0v) is 8.78. The van der Waals surface area contributed by atoms with Crippen molar-refractivity contribution in [3.63, 3.8) is 0 Å². The van der Waals surface area contributed by atoms with Crippen molar-refractivity contribution in [2.45, 2.75) is 18.7 Å². The number of hydrogen-bond donors (Lipinski definition) is 1. The molecule has 72 valence electrons. The topological polar surface area (TPSA) is 54.4 Å². The highest BCUT2D eigenvalue weighted by Gasteiger charge is 2.12. The lowest BCUT2D eigenvalue weighted by Gasteiger charge is -2.04. The van der Waals surface area contributed by atoms with Crippen LogP contribution in [-0.4, -0.2) is 13.0 Å². The fraction of sp³-hybridized carbons (Fsp3) is 0.250. The molecule has 0 amide bonds. The lowest BCUT2D eigenvalue weighted by atomic mass is 10.2.